The van der Waals surface area contributed by atoms with E-state index >= 15 is 0 Å². The van der Waals surface area contributed by atoms with Crippen molar-refractivity contribution in [2.75, 3.05) is 6.61 Å². The second-order valence-corrected chi connectivity index (χ2v) is 5.48. The first-order valence-electron chi connectivity index (χ1n) is 7.29. The number of nitrogens with one attached hydrogen (secondary N) is 1. The summed E-state index contributed by atoms with van der Waals surface area (Å²) in [4.78, 5) is 0. The van der Waals surface area contributed by atoms with E-state index in [1.807, 2.05) is 0 Å². The third-order valence-electron chi connectivity index (χ3n) is 3.92. The van der Waals surface area contributed by atoms with Crippen LogP contribution in [0.25, 0.3) is 11.3 Å². The summed E-state index contributed by atoms with van der Waals surface area (Å²) < 4.78 is 47.0. The standard InChI is InChI=1S/C15H12F3N5O/c16-10-4-12(18)11(17)3-8(10)14-5-23(22-21-14)6-15-9-7-24-2-1-13(9)19-20-15/h3-5H,1-2,6-7H2,(H,19,20). The van der Waals surface area contributed by atoms with Crippen LogP contribution in [0.2, 0.25) is 0 Å². The second-order valence-electron chi connectivity index (χ2n) is 5.48. The van der Waals surface area contributed by atoms with Crippen LogP contribution in [-0.2, 0) is 24.3 Å². The number of hydrogen-bond donors (Lipinski definition) is 1. The number of fused-ring (bicyclic) bond motifs is 1. The first kappa shape index (κ1) is 14.9. The topological polar surface area (TPSA) is 68.6 Å². The summed E-state index contributed by atoms with van der Waals surface area (Å²) >= 11 is 0. The minimum Gasteiger partial charge on any atom is -0.376 e. The molecule has 0 unspecified atom stereocenters. The van der Waals surface area contributed by atoms with Gasteiger partial charge in [-0.25, -0.2) is 17.9 Å². The van der Waals surface area contributed by atoms with E-state index in [0.717, 1.165) is 29.4 Å². The largest absolute Gasteiger partial charge is 0.376 e. The summed E-state index contributed by atoms with van der Waals surface area (Å²) in [5.74, 6) is -3.28. The van der Waals surface area contributed by atoms with E-state index in [9.17, 15) is 13.2 Å². The van der Waals surface area contributed by atoms with E-state index < -0.39 is 17.5 Å². The molecule has 3 heterocycles. The molecule has 0 atom stereocenters. The summed E-state index contributed by atoms with van der Waals surface area (Å²) in [7, 11) is 0. The zero-order valence-electron chi connectivity index (χ0n) is 12.4. The van der Waals surface area contributed by atoms with Crippen LogP contribution in [0.4, 0.5) is 13.2 Å². The van der Waals surface area contributed by atoms with Gasteiger partial charge >= 0.3 is 0 Å². The predicted molar refractivity (Wildman–Crippen MR) is 76.4 cm³/mol. The number of hydrogen-bond acceptors (Lipinski definition) is 4. The number of aromatic nitrogens is 5. The van der Waals surface area contributed by atoms with Crippen molar-refractivity contribution in [1.29, 1.82) is 0 Å². The number of H-pyrrole nitrogens is 1. The van der Waals surface area contributed by atoms with Crippen molar-refractivity contribution in [3.05, 3.63) is 52.7 Å². The van der Waals surface area contributed by atoms with E-state index in [1.54, 1.807) is 0 Å². The SMILES string of the molecule is Fc1cc(F)c(-c2cn(Cc3n[nH]c4c3COCC4)nn2)cc1F. The average Bonchev–Trinajstić information content (AvgIpc) is 3.19. The lowest BCUT2D eigenvalue weighted by Crippen LogP contribution is -2.11. The fraction of sp³-hybridized carbons (Fsp3) is 0.267. The number of rotatable bonds is 3. The fourth-order valence-electron chi connectivity index (χ4n) is 2.67. The molecule has 2 aromatic heterocycles. The Kier molecular flexibility index (Phi) is 3.57. The smallest absolute Gasteiger partial charge is 0.161 e. The third kappa shape index (κ3) is 2.56. The summed E-state index contributed by atoms with van der Waals surface area (Å²) in [5, 5.41) is 14.9. The Bertz CT molecular complexity index is 905. The Balaban J connectivity index is 1.62. The van der Waals surface area contributed by atoms with Crippen LogP contribution in [0.5, 0.6) is 0 Å². The molecule has 0 radical (unpaired) electrons. The van der Waals surface area contributed by atoms with Crippen LogP contribution in [0.1, 0.15) is 17.0 Å². The van der Waals surface area contributed by atoms with Crippen LogP contribution in [-0.4, -0.2) is 31.8 Å². The van der Waals surface area contributed by atoms with Crippen LogP contribution in [0.3, 0.4) is 0 Å². The van der Waals surface area contributed by atoms with Gasteiger partial charge in [0.25, 0.3) is 0 Å². The van der Waals surface area contributed by atoms with Gasteiger partial charge in [-0.3, -0.25) is 5.10 Å². The van der Waals surface area contributed by atoms with Gasteiger partial charge in [-0.05, 0) is 6.07 Å². The molecular formula is C15H12F3N5O. The highest BCUT2D eigenvalue weighted by atomic mass is 19.2. The van der Waals surface area contributed by atoms with E-state index in [2.05, 4.69) is 20.5 Å². The Labute approximate surface area is 134 Å². The molecule has 124 valence electrons. The molecule has 0 amide bonds. The molecule has 0 bridgehead atoms. The Morgan fingerprint density at radius 2 is 2.00 bits per heavy atom. The highest BCUT2D eigenvalue weighted by Gasteiger charge is 2.19. The molecule has 0 aliphatic carbocycles. The highest BCUT2D eigenvalue weighted by molar-refractivity contribution is 5.58. The minimum atomic E-state index is -1.24. The molecule has 4 rings (SSSR count). The van der Waals surface area contributed by atoms with Crippen LogP contribution in [0.15, 0.2) is 18.3 Å². The van der Waals surface area contributed by atoms with Crippen LogP contribution in [0, 0.1) is 17.5 Å². The van der Waals surface area contributed by atoms with E-state index in [-0.39, 0.29) is 11.3 Å². The molecule has 3 aromatic rings. The van der Waals surface area contributed by atoms with Gasteiger partial charge in [-0.1, -0.05) is 5.21 Å². The minimum absolute atomic E-state index is 0.118. The Hall–Kier alpha value is -2.68. The third-order valence-corrected chi connectivity index (χ3v) is 3.92. The average molecular weight is 335 g/mol. The first-order valence-corrected chi connectivity index (χ1v) is 7.29. The summed E-state index contributed by atoms with van der Waals surface area (Å²) in [5.41, 5.74) is 2.74. The van der Waals surface area contributed by atoms with Gasteiger partial charge in [-0.2, -0.15) is 5.10 Å². The molecule has 0 saturated heterocycles. The fourth-order valence-corrected chi connectivity index (χ4v) is 2.67. The quantitative estimate of drug-likeness (QED) is 0.745. The van der Waals surface area contributed by atoms with Crippen molar-refractivity contribution < 1.29 is 17.9 Å². The molecule has 24 heavy (non-hydrogen) atoms. The van der Waals surface area contributed by atoms with E-state index in [1.165, 1.54) is 10.9 Å². The molecule has 1 N–H and O–H groups in total. The van der Waals surface area contributed by atoms with Crippen molar-refractivity contribution in [3.63, 3.8) is 0 Å². The molecule has 1 aromatic carbocycles. The van der Waals surface area contributed by atoms with Gasteiger partial charge in [0.2, 0.25) is 0 Å². The van der Waals surface area contributed by atoms with Gasteiger partial charge in [-0.15, -0.1) is 5.10 Å². The maximum Gasteiger partial charge on any atom is 0.161 e. The summed E-state index contributed by atoms with van der Waals surface area (Å²) in [6.07, 6.45) is 2.23. The lowest BCUT2D eigenvalue weighted by atomic mass is 10.1. The molecule has 0 saturated carbocycles. The maximum absolute atomic E-state index is 13.8. The van der Waals surface area contributed by atoms with Gasteiger partial charge in [0, 0.05) is 29.3 Å². The van der Waals surface area contributed by atoms with Crippen molar-refractivity contribution >= 4 is 0 Å². The molecule has 6 nitrogen and oxygen atoms in total. The molecule has 0 spiro atoms. The van der Waals surface area contributed by atoms with Crippen LogP contribution >= 0.6 is 0 Å². The maximum atomic E-state index is 13.8. The zero-order chi connectivity index (χ0) is 16.7. The van der Waals surface area contributed by atoms with E-state index in [4.69, 9.17) is 4.74 Å². The first-order chi connectivity index (χ1) is 11.6. The zero-order valence-corrected chi connectivity index (χ0v) is 12.4. The van der Waals surface area contributed by atoms with Crippen LogP contribution < -0.4 is 0 Å². The summed E-state index contributed by atoms with van der Waals surface area (Å²) in [6, 6.07) is 1.26. The number of ether oxygens (including phenoxy) is 1. The van der Waals surface area contributed by atoms with Gasteiger partial charge in [0.05, 0.1) is 31.6 Å². The lowest BCUT2D eigenvalue weighted by Gasteiger charge is -2.12. The number of benzene rings is 1. The monoisotopic (exact) mass is 335 g/mol. The van der Waals surface area contributed by atoms with Crippen molar-refractivity contribution in [3.8, 4) is 11.3 Å². The number of halogens is 3. The molecule has 1 aliphatic rings. The van der Waals surface area contributed by atoms with E-state index in [0.29, 0.717) is 25.8 Å². The second kappa shape index (κ2) is 5.75. The Morgan fingerprint density at radius 1 is 1.17 bits per heavy atom. The van der Waals surface area contributed by atoms with Gasteiger partial charge in [0.15, 0.2) is 11.6 Å². The van der Waals surface area contributed by atoms with Crippen molar-refractivity contribution in [1.82, 2.24) is 25.2 Å². The molecule has 9 heteroatoms. The Morgan fingerprint density at radius 3 is 2.88 bits per heavy atom. The summed E-state index contributed by atoms with van der Waals surface area (Å²) in [6.45, 7) is 1.44. The van der Waals surface area contributed by atoms with Gasteiger partial charge in [0.1, 0.15) is 11.5 Å². The lowest BCUT2D eigenvalue weighted by molar-refractivity contribution is 0.109. The molecule has 1 aliphatic heterocycles. The number of aromatic amines is 1. The van der Waals surface area contributed by atoms with Crippen molar-refractivity contribution in [2.45, 2.75) is 19.6 Å². The van der Waals surface area contributed by atoms with Gasteiger partial charge < -0.3 is 4.74 Å². The number of nitrogens with zero attached hydrogens (tertiary/aromatic N) is 4. The predicted octanol–water partition coefficient (Wildman–Crippen LogP) is 2.21. The van der Waals surface area contributed by atoms with Crippen molar-refractivity contribution in [2.24, 2.45) is 0 Å². The molecular weight excluding hydrogens is 323 g/mol. The normalized spacial score (nSPS) is 14.0. The molecule has 0 fully saturated rings. The highest BCUT2D eigenvalue weighted by Crippen LogP contribution is 2.24.